The Kier molecular flexibility index (Phi) is 4.33. The summed E-state index contributed by atoms with van der Waals surface area (Å²) < 4.78 is 12.7. The van der Waals surface area contributed by atoms with E-state index in [4.69, 9.17) is 0 Å². The van der Waals surface area contributed by atoms with Crippen molar-refractivity contribution in [3.63, 3.8) is 0 Å². The van der Waals surface area contributed by atoms with E-state index in [1.54, 1.807) is 7.05 Å². The Hall–Kier alpha value is -2.11. The molecular weight excluding hydrogens is 247 g/mol. The Labute approximate surface area is 111 Å². The Balaban J connectivity index is 1.75. The van der Waals surface area contributed by atoms with Crippen LogP contribution in [0.4, 0.5) is 10.1 Å². The van der Waals surface area contributed by atoms with Crippen LogP contribution >= 0.6 is 0 Å². The van der Waals surface area contributed by atoms with E-state index in [0.717, 1.165) is 12.8 Å². The van der Waals surface area contributed by atoms with Crippen LogP contribution in [0.3, 0.4) is 0 Å². The monoisotopic (exact) mass is 264 g/mol. The van der Waals surface area contributed by atoms with Gasteiger partial charge in [-0.1, -0.05) is 0 Å². The van der Waals surface area contributed by atoms with Gasteiger partial charge in [-0.25, -0.2) is 4.39 Å². The number of hydrogen-bond donors (Lipinski definition) is 3. The molecule has 1 amide bonds. The second-order valence-corrected chi connectivity index (χ2v) is 4.40. The summed E-state index contributed by atoms with van der Waals surface area (Å²) in [5.41, 5.74) is 0.568. The number of halogens is 1. The fourth-order valence-corrected chi connectivity index (χ4v) is 1.52. The minimum absolute atomic E-state index is 0.115. The van der Waals surface area contributed by atoms with Crippen LogP contribution in [0.5, 0.6) is 0 Å². The van der Waals surface area contributed by atoms with Gasteiger partial charge in [0.25, 0.3) is 0 Å². The molecule has 0 heterocycles. The molecule has 0 radical (unpaired) electrons. The number of benzene rings is 1. The van der Waals surface area contributed by atoms with Crippen molar-refractivity contribution in [3.05, 3.63) is 30.1 Å². The first kappa shape index (κ1) is 13.3. The van der Waals surface area contributed by atoms with Crippen LogP contribution in [-0.4, -0.2) is 31.5 Å². The SMILES string of the molecule is CN=C(NCC(=O)Nc1ccc(F)cc1)NC1CC1. The standard InChI is InChI=1S/C13H17FN4O/c1-15-13(18-11-6-7-11)16-8-12(19)17-10-4-2-9(14)3-5-10/h2-5,11H,6-8H2,1H3,(H,17,19)(H2,15,16,18). The molecule has 1 aliphatic carbocycles. The van der Waals surface area contributed by atoms with Crippen LogP contribution < -0.4 is 16.0 Å². The lowest BCUT2D eigenvalue weighted by atomic mass is 10.3. The molecule has 1 saturated carbocycles. The first-order valence-corrected chi connectivity index (χ1v) is 6.20. The van der Waals surface area contributed by atoms with Crippen molar-refractivity contribution in [2.45, 2.75) is 18.9 Å². The van der Waals surface area contributed by atoms with Crippen molar-refractivity contribution in [1.82, 2.24) is 10.6 Å². The summed E-state index contributed by atoms with van der Waals surface area (Å²) in [5, 5.41) is 8.77. The van der Waals surface area contributed by atoms with Gasteiger partial charge >= 0.3 is 0 Å². The second kappa shape index (κ2) is 6.17. The summed E-state index contributed by atoms with van der Waals surface area (Å²) in [5.74, 6) is 0.0901. The summed E-state index contributed by atoms with van der Waals surface area (Å²) in [6.45, 7) is 0.115. The molecule has 0 aromatic heterocycles. The normalized spacial score (nSPS) is 14.9. The molecule has 0 unspecified atom stereocenters. The lowest BCUT2D eigenvalue weighted by molar-refractivity contribution is -0.115. The smallest absolute Gasteiger partial charge is 0.243 e. The fourth-order valence-electron chi connectivity index (χ4n) is 1.52. The maximum absolute atomic E-state index is 12.7. The molecule has 102 valence electrons. The van der Waals surface area contributed by atoms with E-state index < -0.39 is 0 Å². The molecule has 3 N–H and O–H groups in total. The van der Waals surface area contributed by atoms with Gasteiger partial charge in [0.1, 0.15) is 5.82 Å². The molecule has 1 fully saturated rings. The van der Waals surface area contributed by atoms with E-state index in [-0.39, 0.29) is 18.3 Å². The molecule has 0 saturated heterocycles. The maximum atomic E-state index is 12.7. The number of carbonyl (C=O) groups is 1. The highest BCUT2D eigenvalue weighted by molar-refractivity contribution is 5.95. The summed E-state index contributed by atoms with van der Waals surface area (Å²) in [6.07, 6.45) is 2.28. The van der Waals surface area contributed by atoms with Gasteiger partial charge in [0.15, 0.2) is 5.96 Å². The minimum atomic E-state index is -0.329. The number of nitrogens with one attached hydrogen (secondary N) is 3. The van der Waals surface area contributed by atoms with Gasteiger partial charge < -0.3 is 16.0 Å². The molecule has 19 heavy (non-hydrogen) atoms. The van der Waals surface area contributed by atoms with Crippen molar-refractivity contribution in [1.29, 1.82) is 0 Å². The van der Waals surface area contributed by atoms with Crippen LogP contribution in [0.1, 0.15) is 12.8 Å². The zero-order valence-corrected chi connectivity index (χ0v) is 10.7. The highest BCUT2D eigenvalue weighted by Gasteiger charge is 2.22. The molecular formula is C13H17FN4O. The van der Waals surface area contributed by atoms with Gasteiger partial charge in [0.2, 0.25) is 5.91 Å². The maximum Gasteiger partial charge on any atom is 0.243 e. The number of carbonyl (C=O) groups excluding carboxylic acids is 1. The predicted octanol–water partition coefficient (Wildman–Crippen LogP) is 1.09. The summed E-state index contributed by atoms with van der Waals surface area (Å²) in [6, 6.07) is 6.12. The lowest BCUT2D eigenvalue weighted by Gasteiger charge is -2.11. The van der Waals surface area contributed by atoms with Crippen molar-refractivity contribution >= 4 is 17.6 Å². The van der Waals surface area contributed by atoms with Gasteiger partial charge in [-0.3, -0.25) is 9.79 Å². The second-order valence-electron chi connectivity index (χ2n) is 4.40. The van der Waals surface area contributed by atoms with Crippen LogP contribution in [0, 0.1) is 5.82 Å². The molecule has 6 heteroatoms. The first-order chi connectivity index (χ1) is 9.17. The number of aliphatic imine (C=N–C) groups is 1. The lowest BCUT2D eigenvalue weighted by Crippen LogP contribution is -2.42. The number of nitrogens with zero attached hydrogens (tertiary/aromatic N) is 1. The van der Waals surface area contributed by atoms with Gasteiger partial charge in [-0.05, 0) is 37.1 Å². The summed E-state index contributed by atoms with van der Waals surface area (Å²) in [7, 11) is 1.66. The fraction of sp³-hybridized carbons (Fsp3) is 0.385. The molecule has 0 bridgehead atoms. The average molecular weight is 264 g/mol. The molecule has 1 aromatic rings. The molecule has 1 aromatic carbocycles. The van der Waals surface area contributed by atoms with Crippen LogP contribution in [0.2, 0.25) is 0 Å². The average Bonchev–Trinajstić information content (AvgIpc) is 3.21. The van der Waals surface area contributed by atoms with E-state index in [1.807, 2.05) is 0 Å². The van der Waals surface area contributed by atoms with Crippen molar-refractivity contribution in [2.24, 2.45) is 4.99 Å². The predicted molar refractivity (Wildman–Crippen MR) is 72.5 cm³/mol. The molecule has 1 aliphatic rings. The number of hydrogen-bond acceptors (Lipinski definition) is 2. The highest BCUT2D eigenvalue weighted by Crippen LogP contribution is 2.18. The molecule has 5 nitrogen and oxygen atoms in total. The van der Waals surface area contributed by atoms with Crippen molar-refractivity contribution in [2.75, 3.05) is 18.9 Å². The van der Waals surface area contributed by atoms with E-state index in [0.29, 0.717) is 17.7 Å². The first-order valence-electron chi connectivity index (χ1n) is 6.20. The number of rotatable bonds is 4. The third-order valence-electron chi connectivity index (χ3n) is 2.69. The van der Waals surface area contributed by atoms with Crippen molar-refractivity contribution in [3.8, 4) is 0 Å². The van der Waals surface area contributed by atoms with E-state index in [1.165, 1.54) is 24.3 Å². The Morgan fingerprint density at radius 1 is 1.37 bits per heavy atom. The van der Waals surface area contributed by atoms with E-state index in [9.17, 15) is 9.18 Å². The third kappa shape index (κ3) is 4.57. The zero-order valence-electron chi connectivity index (χ0n) is 10.7. The van der Waals surface area contributed by atoms with E-state index in [2.05, 4.69) is 20.9 Å². The Bertz CT molecular complexity index is 468. The van der Waals surface area contributed by atoms with E-state index >= 15 is 0 Å². The summed E-state index contributed by atoms with van der Waals surface area (Å²) >= 11 is 0. The largest absolute Gasteiger partial charge is 0.354 e. The van der Waals surface area contributed by atoms with Gasteiger partial charge in [0.05, 0.1) is 6.54 Å². The minimum Gasteiger partial charge on any atom is -0.354 e. The van der Waals surface area contributed by atoms with Gasteiger partial charge in [0, 0.05) is 18.8 Å². The van der Waals surface area contributed by atoms with Crippen LogP contribution in [-0.2, 0) is 4.79 Å². The Morgan fingerprint density at radius 3 is 2.63 bits per heavy atom. The summed E-state index contributed by atoms with van der Waals surface area (Å²) in [4.78, 5) is 15.7. The molecule has 0 atom stereocenters. The van der Waals surface area contributed by atoms with Crippen molar-refractivity contribution < 1.29 is 9.18 Å². The quantitative estimate of drug-likeness (QED) is 0.563. The topological polar surface area (TPSA) is 65.5 Å². The molecule has 2 rings (SSSR count). The zero-order chi connectivity index (χ0) is 13.7. The van der Waals surface area contributed by atoms with Crippen LogP contribution in [0.15, 0.2) is 29.3 Å². The number of anilines is 1. The van der Waals surface area contributed by atoms with Crippen LogP contribution in [0.25, 0.3) is 0 Å². The number of guanidine groups is 1. The molecule has 0 aliphatic heterocycles. The van der Waals surface area contributed by atoms with Gasteiger partial charge in [-0.15, -0.1) is 0 Å². The Morgan fingerprint density at radius 2 is 2.05 bits per heavy atom. The third-order valence-corrected chi connectivity index (χ3v) is 2.69. The highest BCUT2D eigenvalue weighted by atomic mass is 19.1. The molecule has 0 spiro atoms. The number of amides is 1. The van der Waals surface area contributed by atoms with Gasteiger partial charge in [-0.2, -0.15) is 0 Å².